The zero-order chi connectivity index (χ0) is 13.4. The third kappa shape index (κ3) is 5.65. The number of aliphatic hydroxyl groups excluding tert-OH is 1. The number of aliphatic carboxylic acids is 1. The molecule has 0 aliphatic rings. The number of benzene rings is 1. The van der Waals surface area contributed by atoms with E-state index in [2.05, 4.69) is 0 Å². The Labute approximate surface area is 106 Å². The molecule has 18 heavy (non-hydrogen) atoms. The van der Waals surface area contributed by atoms with Gasteiger partial charge in [0.25, 0.3) is 0 Å². The Kier molecular flexibility index (Phi) is 6.18. The molecule has 0 spiro atoms. The number of rotatable bonds is 8. The lowest BCUT2D eigenvalue weighted by atomic mass is 10.1. The van der Waals surface area contributed by atoms with Gasteiger partial charge in [-0.1, -0.05) is 12.1 Å². The minimum absolute atomic E-state index is 0.00670. The standard InChI is InChI=1S/C13H18O5/c1-2-17-8-11(14)9-18-12-5-3-10(4-6-12)7-13(15)16/h3-6,11,14H,2,7-9H2,1H3,(H,15,16). The van der Waals surface area contributed by atoms with Crippen LogP contribution in [-0.2, 0) is 16.0 Å². The second-order valence-corrected chi connectivity index (χ2v) is 3.84. The second kappa shape index (κ2) is 7.68. The summed E-state index contributed by atoms with van der Waals surface area (Å²) in [4.78, 5) is 10.5. The van der Waals surface area contributed by atoms with Crippen LogP contribution in [-0.4, -0.2) is 42.1 Å². The van der Waals surface area contributed by atoms with Gasteiger partial charge in [0.2, 0.25) is 0 Å². The van der Waals surface area contributed by atoms with Crippen molar-refractivity contribution in [3.05, 3.63) is 29.8 Å². The Morgan fingerprint density at radius 1 is 1.28 bits per heavy atom. The van der Waals surface area contributed by atoms with Crippen LogP contribution in [0.3, 0.4) is 0 Å². The summed E-state index contributed by atoms with van der Waals surface area (Å²) in [6.45, 7) is 2.81. The van der Waals surface area contributed by atoms with E-state index in [1.54, 1.807) is 24.3 Å². The van der Waals surface area contributed by atoms with E-state index in [1.807, 2.05) is 6.92 Å². The molecule has 0 saturated heterocycles. The SMILES string of the molecule is CCOCC(O)COc1ccc(CC(=O)O)cc1. The predicted octanol–water partition coefficient (Wildman–Crippen LogP) is 1.09. The summed E-state index contributed by atoms with van der Waals surface area (Å²) in [5.74, 6) is -0.268. The molecule has 0 fully saturated rings. The van der Waals surface area contributed by atoms with Crippen molar-refractivity contribution >= 4 is 5.97 Å². The van der Waals surface area contributed by atoms with Gasteiger partial charge >= 0.3 is 5.97 Å². The highest BCUT2D eigenvalue weighted by Gasteiger charge is 2.05. The first-order valence-electron chi connectivity index (χ1n) is 5.81. The van der Waals surface area contributed by atoms with Gasteiger partial charge in [0.1, 0.15) is 18.5 Å². The summed E-state index contributed by atoms with van der Waals surface area (Å²) in [5.41, 5.74) is 0.713. The minimum atomic E-state index is -0.865. The van der Waals surface area contributed by atoms with Crippen LogP contribution >= 0.6 is 0 Å². The van der Waals surface area contributed by atoms with Crippen molar-refractivity contribution in [1.29, 1.82) is 0 Å². The van der Waals surface area contributed by atoms with Crippen molar-refractivity contribution in [2.75, 3.05) is 19.8 Å². The molecule has 1 aromatic rings. The largest absolute Gasteiger partial charge is 0.491 e. The third-order valence-electron chi connectivity index (χ3n) is 2.24. The first-order valence-corrected chi connectivity index (χ1v) is 5.81. The second-order valence-electron chi connectivity index (χ2n) is 3.84. The van der Waals surface area contributed by atoms with Crippen LogP contribution < -0.4 is 4.74 Å². The van der Waals surface area contributed by atoms with E-state index < -0.39 is 12.1 Å². The Morgan fingerprint density at radius 2 is 1.94 bits per heavy atom. The summed E-state index contributed by atoms with van der Waals surface area (Å²) < 4.78 is 10.4. The van der Waals surface area contributed by atoms with Gasteiger partial charge in [-0.2, -0.15) is 0 Å². The number of ether oxygens (including phenoxy) is 2. The zero-order valence-electron chi connectivity index (χ0n) is 10.3. The Morgan fingerprint density at radius 3 is 2.50 bits per heavy atom. The van der Waals surface area contributed by atoms with Crippen molar-refractivity contribution in [1.82, 2.24) is 0 Å². The molecule has 1 aromatic carbocycles. The van der Waals surface area contributed by atoms with Gasteiger partial charge in [-0.3, -0.25) is 4.79 Å². The number of aliphatic hydroxyl groups is 1. The van der Waals surface area contributed by atoms with Crippen LogP contribution in [0.5, 0.6) is 5.75 Å². The normalized spacial score (nSPS) is 12.1. The molecule has 0 amide bonds. The highest BCUT2D eigenvalue weighted by atomic mass is 16.5. The van der Waals surface area contributed by atoms with Gasteiger partial charge in [-0.25, -0.2) is 0 Å². The first kappa shape index (κ1) is 14.5. The van der Waals surface area contributed by atoms with Crippen molar-refractivity contribution in [3.63, 3.8) is 0 Å². The van der Waals surface area contributed by atoms with E-state index in [0.29, 0.717) is 17.9 Å². The van der Waals surface area contributed by atoms with Crippen LogP contribution in [0, 0.1) is 0 Å². The zero-order valence-corrected chi connectivity index (χ0v) is 10.3. The van der Waals surface area contributed by atoms with Crippen LogP contribution in [0.1, 0.15) is 12.5 Å². The molecule has 0 aliphatic carbocycles. The molecule has 0 radical (unpaired) electrons. The van der Waals surface area contributed by atoms with E-state index in [1.165, 1.54) is 0 Å². The average molecular weight is 254 g/mol. The van der Waals surface area contributed by atoms with Crippen molar-refractivity contribution in [2.24, 2.45) is 0 Å². The number of carbonyl (C=O) groups is 1. The van der Waals surface area contributed by atoms with Crippen LogP contribution in [0.2, 0.25) is 0 Å². The van der Waals surface area contributed by atoms with E-state index in [-0.39, 0.29) is 19.6 Å². The predicted molar refractivity (Wildman–Crippen MR) is 65.8 cm³/mol. The minimum Gasteiger partial charge on any atom is -0.491 e. The van der Waals surface area contributed by atoms with Gasteiger partial charge in [0.15, 0.2) is 0 Å². The molecule has 100 valence electrons. The van der Waals surface area contributed by atoms with Gasteiger partial charge in [0.05, 0.1) is 13.0 Å². The summed E-state index contributed by atoms with van der Waals surface area (Å²) in [6.07, 6.45) is -0.670. The van der Waals surface area contributed by atoms with E-state index in [4.69, 9.17) is 14.6 Å². The molecule has 1 rings (SSSR count). The van der Waals surface area contributed by atoms with E-state index >= 15 is 0 Å². The van der Waals surface area contributed by atoms with Gasteiger partial charge in [0, 0.05) is 6.61 Å². The lowest BCUT2D eigenvalue weighted by molar-refractivity contribution is -0.136. The number of hydrogen-bond acceptors (Lipinski definition) is 4. The highest BCUT2D eigenvalue weighted by Crippen LogP contribution is 2.13. The number of hydrogen-bond donors (Lipinski definition) is 2. The van der Waals surface area contributed by atoms with Crippen molar-refractivity contribution < 1.29 is 24.5 Å². The maximum absolute atomic E-state index is 10.5. The van der Waals surface area contributed by atoms with Crippen LogP contribution in [0.25, 0.3) is 0 Å². The summed E-state index contributed by atoms with van der Waals surface area (Å²) >= 11 is 0. The van der Waals surface area contributed by atoms with Crippen molar-refractivity contribution in [2.45, 2.75) is 19.4 Å². The maximum Gasteiger partial charge on any atom is 0.307 e. The molecule has 5 heteroatoms. The topological polar surface area (TPSA) is 76.0 Å². The van der Waals surface area contributed by atoms with Gasteiger partial charge in [-0.05, 0) is 24.6 Å². The van der Waals surface area contributed by atoms with Crippen LogP contribution in [0.15, 0.2) is 24.3 Å². The molecule has 0 saturated carbocycles. The summed E-state index contributed by atoms with van der Waals surface area (Å²) in [5, 5.41) is 18.1. The molecule has 0 aromatic heterocycles. The van der Waals surface area contributed by atoms with E-state index in [9.17, 15) is 9.90 Å². The Bertz CT molecular complexity index is 360. The molecule has 2 N–H and O–H groups in total. The molecule has 0 aliphatic heterocycles. The first-order chi connectivity index (χ1) is 8.61. The summed E-state index contributed by atoms with van der Waals surface area (Å²) in [6, 6.07) is 6.76. The molecule has 1 atom stereocenters. The lowest BCUT2D eigenvalue weighted by Gasteiger charge is -2.12. The van der Waals surface area contributed by atoms with Gasteiger partial charge in [-0.15, -0.1) is 0 Å². The molecule has 0 bridgehead atoms. The maximum atomic E-state index is 10.5. The Hall–Kier alpha value is -1.59. The van der Waals surface area contributed by atoms with Crippen molar-refractivity contribution in [3.8, 4) is 5.75 Å². The highest BCUT2D eigenvalue weighted by molar-refractivity contribution is 5.70. The molecule has 5 nitrogen and oxygen atoms in total. The van der Waals surface area contributed by atoms with Gasteiger partial charge < -0.3 is 19.7 Å². The fourth-order valence-corrected chi connectivity index (χ4v) is 1.37. The monoisotopic (exact) mass is 254 g/mol. The fourth-order valence-electron chi connectivity index (χ4n) is 1.37. The number of carboxylic acid groups (broad SMARTS) is 1. The molecular formula is C13H18O5. The Balaban J connectivity index is 2.36. The smallest absolute Gasteiger partial charge is 0.307 e. The molecule has 1 unspecified atom stereocenters. The molecular weight excluding hydrogens is 236 g/mol. The average Bonchev–Trinajstić information content (AvgIpc) is 2.35. The van der Waals surface area contributed by atoms with E-state index in [0.717, 1.165) is 0 Å². The lowest BCUT2D eigenvalue weighted by Crippen LogP contribution is -2.23. The van der Waals surface area contributed by atoms with Crippen LogP contribution in [0.4, 0.5) is 0 Å². The number of carboxylic acids is 1. The fraction of sp³-hybridized carbons (Fsp3) is 0.462. The molecule has 0 heterocycles. The quantitative estimate of drug-likeness (QED) is 0.726. The third-order valence-corrected chi connectivity index (χ3v) is 2.24. The summed E-state index contributed by atoms with van der Waals surface area (Å²) in [7, 11) is 0.